The molecule has 0 saturated carbocycles. The molecule has 8 heteroatoms. The van der Waals surface area contributed by atoms with Crippen molar-refractivity contribution in [3.8, 4) is 5.75 Å². The molecule has 1 fully saturated rings. The van der Waals surface area contributed by atoms with Crippen molar-refractivity contribution in [2.45, 2.75) is 13.8 Å². The lowest BCUT2D eigenvalue weighted by atomic mass is 10.1. The molecule has 1 aliphatic rings. The summed E-state index contributed by atoms with van der Waals surface area (Å²) in [5, 5.41) is 1.18. The number of amides is 1. The van der Waals surface area contributed by atoms with Gasteiger partial charge in [-0.25, -0.2) is 4.98 Å². The first-order valence-corrected chi connectivity index (χ1v) is 11.5. The van der Waals surface area contributed by atoms with Crippen molar-refractivity contribution in [3.63, 3.8) is 0 Å². The van der Waals surface area contributed by atoms with E-state index in [1.165, 1.54) is 5.56 Å². The Morgan fingerprint density at radius 2 is 2.03 bits per heavy atom. The number of carbonyl (C=O) groups is 1. The van der Waals surface area contributed by atoms with Gasteiger partial charge in [0.05, 0.1) is 36.1 Å². The minimum Gasteiger partial charge on any atom is -0.496 e. The van der Waals surface area contributed by atoms with E-state index < -0.39 is 0 Å². The maximum Gasteiger partial charge on any atom is 0.263 e. The minimum atomic E-state index is -0.166. The van der Waals surface area contributed by atoms with Gasteiger partial charge in [0, 0.05) is 31.2 Å². The summed E-state index contributed by atoms with van der Waals surface area (Å²) in [5.74, 6) is 0.333. The van der Waals surface area contributed by atoms with E-state index in [0.29, 0.717) is 28.0 Å². The molecule has 1 amide bonds. The van der Waals surface area contributed by atoms with Gasteiger partial charge in [-0.2, -0.15) is 0 Å². The fourth-order valence-electron chi connectivity index (χ4n) is 3.82. The highest BCUT2D eigenvalue weighted by Gasteiger charge is 2.25. The van der Waals surface area contributed by atoms with Crippen molar-refractivity contribution < 1.29 is 14.3 Å². The fraction of sp³-hybridized carbons (Fsp3) is 0.391. The molecule has 31 heavy (non-hydrogen) atoms. The molecule has 2 aromatic carbocycles. The topological polar surface area (TPSA) is 54.9 Å². The first-order chi connectivity index (χ1) is 15.0. The van der Waals surface area contributed by atoms with Crippen molar-refractivity contribution in [1.29, 1.82) is 0 Å². The molecule has 0 atom stereocenters. The number of hydrogen-bond acceptors (Lipinski definition) is 6. The van der Waals surface area contributed by atoms with Crippen LogP contribution in [0.5, 0.6) is 5.75 Å². The van der Waals surface area contributed by atoms with E-state index in [4.69, 9.17) is 26.1 Å². The van der Waals surface area contributed by atoms with Crippen LogP contribution in [-0.4, -0.2) is 62.3 Å². The number of rotatable bonds is 6. The standard InChI is InChI=1S/C23H26ClN3O3S/c1-15-12-16(2)21-19(13-15)25-23(31-21)27(7-6-26-8-10-30-11-9-26)22(28)18-14-17(24)4-5-20(18)29-3/h4-5,12-14H,6-11H2,1-3H3. The molecular weight excluding hydrogens is 434 g/mol. The zero-order chi connectivity index (χ0) is 22.0. The van der Waals surface area contributed by atoms with Gasteiger partial charge in [-0.1, -0.05) is 29.0 Å². The zero-order valence-electron chi connectivity index (χ0n) is 18.0. The van der Waals surface area contributed by atoms with E-state index in [0.717, 1.165) is 48.6 Å². The number of aromatic nitrogens is 1. The summed E-state index contributed by atoms with van der Waals surface area (Å²) < 4.78 is 12.0. The van der Waals surface area contributed by atoms with Crippen LogP contribution in [0.3, 0.4) is 0 Å². The van der Waals surface area contributed by atoms with Gasteiger partial charge in [-0.3, -0.25) is 14.6 Å². The quantitative estimate of drug-likeness (QED) is 0.541. The SMILES string of the molecule is COc1ccc(Cl)cc1C(=O)N(CCN1CCOCC1)c1nc2cc(C)cc(C)c2s1. The molecular formula is C23H26ClN3O3S. The van der Waals surface area contributed by atoms with E-state index >= 15 is 0 Å². The van der Waals surface area contributed by atoms with Crippen molar-refractivity contribution in [1.82, 2.24) is 9.88 Å². The number of carbonyl (C=O) groups excluding carboxylic acids is 1. The molecule has 1 aromatic heterocycles. The van der Waals surface area contributed by atoms with E-state index in [-0.39, 0.29) is 5.91 Å². The number of aryl methyl sites for hydroxylation is 2. The largest absolute Gasteiger partial charge is 0.496 e. The van der Waals surface area contributed by atoms with E-state index in [9.17, 15) is 4.79 Å². The van der Waals surface area contributed by atoms with Crippen LogP contribution in [-0.2, 0) is 4.74 Å². The Balaban J connectivity index is 1.71. The summed E-state index contributed by atoms with van der Waals surface area (Å²) in [6.45, 7) is 8.56. The monoisotopic (exact) mass is 459 g/mol. The number of thiazole rings is 1. The molecule has 6 nitrogen and oxygen atoms in total. The number of ether oxygens (including phenoxy) is 2. The van der Waals surface area contributed by atoms with Crippen LogP contribution in [0.15, 0.2) is 30.3 Å². The molecule has 3 aromatic rings. The second-order valence-electron chi connectivity index (χ2n) is 7.68. The fourth-order valence-corrected chi connectivity index (χ4v) is 5.04. The van der Waals surface area contributed by atoms with Crippen LogP contribution in [0, 0.1) is 13.8 Å². The molecule has 1 aliphatic heterocycles. The Kier molecular flexibility index (Phi) is 6.77. The van der Waals surface area contributed by atoms with Crippen LogP contribution < -0.4 is 9.64 Å². The number of morpholine rings is 1. The van der Waals surface area contributed by atoms with Crippen molar-refractivity contribution in [3.05, 3.63) is 52.0 Å². The molecule has 2 heterocycles. The third-order valence-corrected chi connectivity index (χ3v) is 6.88. The molecule has 0 spiro atoms. The van der Waals surface area contributed by atoms with E-state index in [1.54, 1.807) is 41.5 Å². The molecule has 1 saturated heterocycles. The van der Waals surface area contributed by atoms with Crippen molar-refractivity contribution in [2.24, 2.45) is 0 Å². The summed E-state index contributed by atoms with van der Waals surface area (Å²) in [4.78, 5) is 22.6. The molecule has 0 bridgehead atoms. The summed E-state index contributed by atoms with van der Waals surface area (Å²) in [6.07, 6.45) is 0. The molecule has 0 unspecified atom stereocenters. The van der Waals surface area contributed by atoms with Gasteiger partial charge in [-0.15, -0.1) is 0 Å². The Morgan fingerprint density at radius 3 is 2.77 bits per heavy atom. The van der Waals surface area contributed by atoms with Crippen molar-refractivity contribution in [2.75, 3.05) is 51.4 Å². The predicted molar refractivity (Wildman–Crippen MR) is 126 cm³/mol. The minimum absolute atomic E-state index is 0.166. The highest BCUT2D eigenvalue weighted by Crippen LogP contribution is 2.34. The van der Waals surface area contributed by atoms with E-state index in [2.05, 4.69) is 30.9 Å². The number of hydrogen-bond donors (Lipinski definition) is 0. The Bertz CT molecular complexity index is 1100. The number of fused-ring (bicyclic) bond motifs is 1. The van der Waals surface area contributed by atoms with Crippen LogP contribution in [0.1, 0.15) is 21.5 Å². The first kappa shape index (κ1) is 22.0. The van der Waals surface area contributed by atoms with Gasteiger partial charge in [-0.05, 0) is 49.2 Å². The number of halogens is 1. The zero-order valence-corrected chi connectivity index (χ0v) is 19.6. The van der Waals surface area contributed by atoms with Gasteiger partial charge in [0.25, 0.3) is 5.91 Å². The molecule has 164 valence electrons. The average Bonchev–Trinajstić information content (AvgIpc) is 3.18. The second-order valence-corrected chi connectivity index (χ2v) is 9.10. The summed E-state index contributed by atoms with van der Waals surface area (Å²) in [7, 11) is 1.56. The van der Waals surface area contributed by atoms with Gasteiger partial charge in [0.2, 0.25) is 0 Å². The van der Waals surface area contributed by atoms with Gasteiger partial charge in [0.1, 0.15) is 5.75 Å². The van der Waals surface area contributed by atoms with Crippen molar-refractivity contribution >= 4 is 44.2 Å². The van der Waals surface area contributed by atoms with Crippen LogP contribution >= 0.6 is 22.9 Å². The number of methoxy groups -OCH3 is 1. The molecule has 0 N–H and O–H groups in total. The normalized spacial score (nSPS) is 14.7. The van der Waals surface area contributed by atoms with Crippen LogP contribution in [0.25, 0.3) is 10.2 Å². The predicted octanol–water partition coefficient (Wildman–Crippen LogP) is 4.55. The second kappa shape index (κ2) is 9.53. The summed E-state index contributed by atoms with van der Waals surface area (Å²) >= 11 is 7.75. The molecule has 0 aliphatic carbocycles. The number of anilines is 1. The molecule has 0 radical (unpaired) electrons. The van der Waals surface area contributed by atoms with E-state index in [1.807, 2.05) is 0 Å². The summed E-state index contributed by atoms with van der Waals surface area (Å²) in [6, 6.07) is 9.31. The first-order valence-electron chi connectivity index (χ1n) is 10.3. The highest BCUT2D eigenvalue weighted by atomic mass is 35.5. The Morgan fingerprint density at radius 1 is 1.26 bits per heavy atom. The third-order valence-electron chi connectivity index (χ3n) is 5.42. The molecule has 4 rings (SSSR count). The van der Waals surface area contributed by atoms with Crippen LogP contribution in [0.4, 0.5) is 5.13 Å². The lowest BCUT2D eigenvalue weighted by molar-refractivity contribution is 0.0391. The smallest absolute Gasteiger partial charge is 0.263 e. The Labute approximate surface area is 191 Å². The lowest BCUT2D eigenvalue weighted by Gasteiger charge is -2.29. The Hall–Kier alpha value is -2.19. The maximum atomic E-state index is 13.7. The van der Waals surface area contributed by atoms with Crippen LogP contribution in [0.2, 0.25) is 5.02 Å². The number of benzene rings is 2. The average molecular weight is 460 g/mol. The summed E-state index contributed by atoms with van der Waals surface area (Å²) in [5.41, 5.74) is 3.67. The van der Waals surface area contributed by atoms with Gasteiger partial charge >= 0.3 is 0 Å². The lowest BCUT2D eigenvalue weighted by Crippen LogP contribution is -2.43. The third kappa shape index (κ3) is 4.85. The van der Waals surface area contributed by atoms with Gasteiger partial charge < -0.3 is 9.47 Å². The number of nitrogens with zero attached hydrogens (tertiary/aromatic N) is 3. The van der Waals surface area contributed by atoms with Gasteiger partial charge in [0.15, 0.2) is 5.13 Å². The highest BCUT2D eigenvalue weighted by molar-refractivity contribution is 7.22. The maximum absolute atomic E-state index is 13.7.